The summed E-state index contributed by atoms with van der Waals surface area (Å²) in [5, 5.41) is 0. The standard InChI is InChI=1S/C14H20O2/c1-8-6-14(16-12(8)15)7-11-10(5-9(14)2)13(11,3)4/h9-11H,1,5-7H2,2-4H3. The van der Waals surface area contributed by atoms with Crippen LogP contribution in [0.25, 0.3) is 0 Å². The molecular formula is C14H20O2. The zero-order valence-electron chi connectivity index (χ0n) is 10.4. The van der Waals surface area contributed by atoms with Crippen molar-refractivity contribution < 1.29 is 9.53 Å². The largest absolute Gasteiger partial charge is 0.455 e. The fraction of sp³-hybridized carbons (Fsp3) is 0.786. The first-order chi connectivity index (χ1) is 7.37. The van der Waals surface area contributed by atoms with Crippen LogP contribution in [0.15, 0.2) is 12.2 Å². The summed E-state index contributed by atoms with van der Waals surface area (Å²) in [5.41, 5.74) is 0.931. The van der Waals surface area contributed by atoms with Crippen LogP contribution in [0.4, 0.5) is 0 Å². The summed E-state index contributed by atoms with van der Waals surface area (Å²) < 4.78 is 5.67. The molecule has 88 valence electrons. The van der Waals surface area contributed by atoms with E-state index in [1.54, 1.807) is 0 Å². The molecule has 4 atom stereocenters. The molecule has 3 aliphatic rings. The lowest BCUT2D eigenvalue weighted by Crippen LogP contribution is -2.39. The molecule has 4 unspecified atom stereocenters. The molecule has 1 heterocycles. The second kappa shape index (κ2) is 2.72. The Morgan fingerprint density at radius 2 is 2.06 bits per heavy atom. The van der Waals surface area contributed by atoms with Crippen molar-refractivity contribution in [1.29, 1.82) is 0 Å². The van der Waals surface area contributed by atoms with Gasteiger partial charge in [0.15, 0.2) is 0 Å². The van der Waals surface area contributed by atoms with Gasteiger partial charge in [0.25, 0.3) is 0 Å². The van der Waals surface area contributed by atoms with Crippen molar-refractivity contribution in [2.75, 3.05) is 0 Å². The van der Waals surface area contributed by atoms with Gasteiger partial charge in [0.05, 0.1) is 0 Å². The molecular weight excluding hydrogens is 200 g/mol. The van der Waals surface area contributed by atoms with Crippen molar-refractivity contribution in [3.05, 3.63) is 12.2 Å². The number of hydrogen-bond donors (Lipinski definition) is 0. The molecule has 0 aromatic carbocycles. The fourth-order valence-corrected chi connectivity index (χ4v) is 4.01. The van der Waals surface area contributed by atoms with E-state index in [2.05, 4.69) is 27.4 Å². The predicted molar refractivity (Wildman–Crippen MR) is 61.7 cm³/mol. The number of carbonyl (C=O) groups excluding carboxylic acids is 1. The third-order valence-electron chi connectivity index (χ3n) is 5.46. The van der Waals surface area contributed by atoms with Gasteiger partial charge in [0.2, 0.25) is 0 Å². The first-order valence-corrected chi connectivity index (χ1v) is 6.28. The number of carbonyl (C=O) groups is 1. The van der Waals surface area contributed by atoms with Crippen molar-refractivity contribution in [1.82, 2.24) is 0 Å². The zero-order chi connectivity index (χ0) is 11.7. The van der Waals surface area contributed by atoms with Gasteiger partial charge in [-0.3, -0.25) is 0 Å². The molecule has 2 aliphatic carbocycles. The van der Waals surface area contributed by atoms with Crippen molar-refractivity contribution in [3.63, 3.8) is 0 Å². The fourth-order valence-electron chi connectivity index (χ4n) is 4.01. The molecule has 1 spiro atoms. The van der Waals surface area contributed by atoms with Crippen molar-refractivity contribution in [3.8, 4) is 0 Å². The highest BCUT2D eigenvalue weighted by molar-refractivity contribution is 5.90. The number of rotatable bonds is 0. The highest BCUT2D eigenvalue weighted by atomic mass is 16.6. The lowest BCUT2D eigenvalue weighted by atomic mass is 9.74. The molecule has 16 heavy (non-hydrogen) atoms. The average Bonchev–Trinajstić information content (AvgIpc) is 2.55. The molecule has 0 amide bonds. The van der Waals surface area contributed by atoms with Gasteiger partial charge in [-0.2, -0.15) is 0 Å². The Morgan fingerprint density at radius 3 is 2.62 bits per heavy atom. The van der Waals surface area contributed by atoms with Crippen LogP contribution >= 0.6 is 0 Å². The van der Waals surface area contributed by atoms with Crippen LogP contribution in [0.2, 0.25) is 0 Å². The van der Waals surface area contributed by atoms with Crippen LogP contribution in [-0.4, -0.2) is 11.6 Å². The third-order valence-corrected chi connectivity index (χ3v) is 5.46. The van der Waals surface area contributed by atoms with E-state index in [1.165, 1.54) is 6.42 Å². The van der Waals surface area contributed by atoms with E-state index in [1.807, 2.05) is 0 Å². The Kier molecular flexibility index (Phi) is 1.76. The lowest BCUT2D eigenvalue weighted by Gasteiger charge is -2.37. The van der Waals surface area contributed by atoms with Gasteiger partial charge in [0.1, 0.15) is 5.60 Å². The number of ether oxygens (including phenoxy) is 1. The molecule has 0 aromatic heterocycles. The number of hydrogen-bond acceptors (Lipinski definition) is 2. The molecule has 2 nitrogen and oxygen atoms in total. The molecule has 0 bridgehead atoms. The third kappa shape index (κ3) is 1.11. The van der Waals surface area contributed by atoms with Crippen molar-refractivity contribution in [2.45, 2.75) is 45.6 Å². The molecule has 1 aliphatic heterocycles. The van der Waals surface area contributed by atoms with E-state index in [-0.39, 0.29) is 11.6 Å². The molecule has 0 radical (unpaired) electrons. The van der Waals surface area contributed by atoms with Gasteiger partial charge in [-0.05, 0) is 36.0 Å². The second-order valence-electron chi connectivity index (χ2n) is 6.61. The minimum atomic E-state index is -0.205. The van der Waals surface area contributed by atoms with Crippen molar-refractivity contribution >= 4 is 5.97 Å². The molecule has 0 N–H and O–H groups in total. The van der Waals surface area contributed by atoms with Gasteiger partial charge < -0.3 is 4.74 Å². The van der Waals surface area contributed by atoms with Crippen LogP contribution in [0.3, 0.4) is 0 Å². The second-order valence-corrected chi connectivity index (χ2v) is 6.61. The molecule has 2 saturated carbocycles. The van der Waals surface area contributed by atoms with Crippen LogP contribution in [0.1, 0.15) is 40.0 Å². The Balaban J connectivity index is 1.88. The quantitative estimate of drug-likeness (QED) is 0.463. The normalized spacial score (nSPS) is 49.1. The predicted octanol–water partition coefficient (Wildman–Crippen LogP) is 2.93. The van der Waals surface area contributed by atoms with E-state index < -0.39 is 0 Å². The van der Waals surface area contributed by atoms with E-state index in [0.29, 0.717) is 16.9 Å². The van der Waals surface area contributed by atoms with Gasteiger partial charge in [-0.15, -0.1) is 0 Å². The maximum atomic E-state index is 11.6. The van der Waals surface area contributed by atoms with Gasteiger partial charge in [0, 0.05) is 12.0 Å². The summed E-state index contributed by atoms with van der Waals surface area (Å²) in [7, 11) is 0. The van der Waals surface area contributed by atoms with Crippen molar-refractivity contribution in [2.24, 2.45) is 23.2 Å². The Morgan fingerprint density at radius 1 is 1.38 bits per heavy atom. The zero-order valence-corrected chi connectivity index (χ0v) is 10.4. The maximum absolute atomic E-state index is 11.6. The Labute approximate surface area is 97.1 Å². The highest BCUT2D eigenvalue weighted by Crippen LogP contribution is 2.69. The van der Waals surface area contributed by atoms with Crippen LogP contribution < -0.4 is 0 Å². The van der Waals surface area contributed by atoms with E-state index in [9.17, 15) is 4.79 Å². The van der Waals surface area contributed by atoms with Gasteiger partial charge >= 0.3 is 5.97 Å². The summed E-state index contributed by atoms with van der Waals surface area (Å²) in [4.78, 5) is 11.6. The Bertz CT molecular complexity index is 364. The first-order valence-electron chi connectivity index (χ1n) is 6.28. The SMILES string of the molecule is C=C1CC2(CC3C(CC2C)C3(C)C)OC1=O. The topological polar surface area (TPSA) is 26.3 Å². The van der Waals surface area contributed by atoms with E-state index >= 15 is 0 Å². The summed E-state index contributed by atoms with van der Waals surface area (Å²) in [5.74, 6) is 1.92. The summed E-state index contributed by atoms with van der Waals surface area (Å²) in [6.45, 7) is 10.7. The Hall–Kier alpha value is -0.790. The van der Waals surface area contributed by atoms with Crippen LogP contribution in [0.5, 0.6) is 0 Å². The monoisotopic (exact) mass is 220 g/mol. The molecule has 3 fully saturated rings. The molecule has 3 rings (SSSR count). The molecule has 2 heteroatoms. The van der Waals surface area contributed by atoms with Crippen LogP contribution in [0, 0.1) is 23.2 Å². The average molecular weight is 220 g/mol. The first kappa shape index (κ1) is 10.4. The van der Waals surface area contributed by atoms with Gasteiger partial charge in [-0.25, -0.2) is 4.79 Å². The summed E-state index contributed by atoms with van der Waals surface area (Å²) in [6.07, 6.45) is 3.02. The van der Waals surface area contributed by atoms with E-state index in [0.717, 1.165) is 24.7 Å². The minimum absolute atomic E-state index is 0.163. The number of fused-ring (bicyclic) bond motifs is 1. The summed E-state index contributed by atoms with van der Waals surface area (Å²) >= 11 is 0. The molecule has 0 aromatic rings. The van der Waals surface area contributed by atoms with Crippen LogP contribution in [-0.2, 0) is 9.53 Å². The van der Waals surface area contributed by atoms with E-state index in [4.69, 9.17) is 4.74 Å². The molecule has 1 saturated heterocycles. The minimum Gasteiger partial charge on any atom is -0.455 e. The smallest absolute Gasteiger partial charge is 0.334 e. The highest BCUT2D eigenvalue weighted by Gasteiger charge is 2.66. The number of esters is 1. The maximum Gasteiger partial charge on any atom is 0.334 e. The van der Waals surface area contributed by atoms with Gasteiger partial charge in [-0.1, -0.05) is 27.4 Å². The lowest BCUT2D eigenvalue weighted by molar-refractivity contribution is -0.154. The summed E-state index contributed by atoms with van der Waals surface area (Å²) in [6, 6.07) is 0.